The number of esters is 1. The zero-order valence-electron chi connectivity index (χ0n) is 22.3. The van der Waals surface area contributed by atoms with E-state index < -0.39 is 22.9 Å². The standard InChI is InChI=1S/C31H36ClN3O4/c1-2-39-29(37)28(36)34-23-30(24-9-4-3-5-10-24,27-11-6-7-19-33-27)16-8-20-35-21-17-31(38,18-22-35)25-12-14-26(32)15-13-25/h3-7,9-15,19,38H,2,8,16-18,20-23H2,1H3,(H,34,36). The average Bonchev–Trinajstić information content (AvgIpc) is 2.97. The van der Waals surface area contributed by atoms with Crippen LogP contribution in [0.5, 0.6) is 0 Å². The Hall–Kier alpha value is -3.26. The van der Waals surface area contributed by atoms with Gasteiger partial charge in [0.25, 0.3) is 0 Å². The number of hydrogen-bond donors (Lipinski definition) is 2. The number of carbonyl (C=O) groups is 2. The van der Waals surface area contributed by atoms with Gasteiger partial charge in [0.1, 0.15) is 0 Å². The van der Waals surface area contributed by atoms with Crippen LogP contribution in [-0.4, -0.2) is 59.7 Å². The molecule has 0 aliphatic carbocycles. The van der Waals surface area contributed by atoms with E-state index in [4.69, 9.17) is 16.3 Å². The van der Waals surface area contributed by atoms with Crippen molar-refractivity contribution in [2.24, 2.45) is 0 Å². The Morgan fingerprint density at radius 1 is 1.05 bits per heavy atom. The first-order valence-electron chi connectivity index (χ1n) is 13.5. The number of pyridine rings is 1. The fourth-order valence-corrected chi connectivity index (χ4v) is 5.53. The molecule has 0 saturated carbocycles. The van der Waals surface area contributed by atoms with Crippen LogP contribution >= 0.6 is 11.6 Å². The van der Waals surface area contributed by atoms with Crippen molar-refractivity contribution < 1.29 is 19.4 Å². The lowest BCUT2D eigenvalue weighted by atomic mass is 9.73. The smallest absolute Gasteiger partial charge is 0.396 e. The predicted molar refractivity (Wildman–Crippen MR) is 151 cm³/mol. The molecular formula is C31H36ClN3O4. The number of nitrogens with one attached hydrogen (secondary N) is 1. The van der Waals surface area contributed by atoms with Crippen LogP contribution < -0.4 is 5.32 Å². The Morgan fingerprint density at radius 3 is 2.38 bits per heavy atom. The van der Waals surface area contributed by atoms with Gasteiger partial charge < -0.3 is 20.1 Å². The van der Waals surface area contributed by atoms with Gasteiger partial charge in [-0.25, -0.2) is 4.79 Å². The number of rotatable bonds is 10. The highest BCUT2D eigenvalue weighted by Gasteiger charge is 2.38. The van der Waals surface area contributed by atoms with E-state index in [-0.39, 0.29) is 13.2 Å². The fourth-order valence-electron chi connectivity index (χ4n) is 5.40. The van der Waals surface area contributed by atoms with Crippen LogP contribution in [0.3, 0.4) is 0 Å². The average molecular weight is 550 g/mol. The summed E-state index contributed by atoms with van der Waals surface area (Å²) in [6.45, 7) is 4.41. The maximum atomic E-state index is 12.5. The van der Waals surface area contributed by atoms with Crippen LogP contribution in [-0.2, 0) is 25.3 Å². The van der Waals surface area contributed by atoms with Gasteiger partial charge in [-0.05, 0) is 74.5 Å². The minimum Gasteiger partial charge on any atom is -0.459 e. The Balaban J connectivity index is 1.48. The number of likely N-dealkylation sites (tertiary alicyclic amines) is 1. The van der Waals surface area contributed by atoms with E-state index in [0.717, 1.165) is 42.9 Å². The van der Waals surface area contributed by atoms with Gasteiger partial charge in [0.2, 0.25) is 0 Å². The summed E-state index contributed by atoms with van der Waals surface area (Å²) in [5.41, 5.74) is 1.27. The largest absolute Gasteiger partial charge is 0.459 e. The normalized spacial score (nSPS) is 16.7. The molecule has 2 aromatic carbocycles. The molecule has 4 rings (SSSR count). The summed E-state index contributed by atoms with van der Waals surface area (Å²) in [4.78, 5) is 31.6. The van der Waals surface area contributed by atoms with Gasteiger partial charge in [0.15, 0.2) is 0 Å². The highest BCUT2D eigenvalue weighted by Crippen LogP contribution is 2.37. The fraction of sp³-hybridized carbons (Fsp3) is 0.387. The van der Waals surface area contributed by atoms with Crippen molar-refractivity contribution in [1.29, 1.82) is 0 Å². The van der Waals surface area contributed by atoms with Crippen molar-refractivity contribution in [1.82, 2.24) is 15.2 Å². The molecule has 0 radical (unpaired) electrons. The molecule has 1 amide bonds. The lowest BCUT2D eigenvalue weighted by molar-refractivity contribution is -0.154. The minimum absolute atomic E-state index is 0.138. The van der Waals surface area contributed by atoms with Crippen LogP contribution in [0, 0.1) is 0 Å². The number of benzene rings is 2. The van der Waals surface area contributed by atoms with E-state index in [1.54, 1.807) is 13.1 Å². The Labute approximate surface area is 235 Å². The summed E-state index contributed by atoms with van der Waals surface area (Å²) in [6.07, 6.45) is 4.58. The van der Waals surface area contributed by atoms with Crippen molar-refractivity contribution in [3.05, 3.63) is 101 Å². The topological polar surface area (TPSA) is 91.8 Å². The second kappa shape index (κ2) is 13.2. The van der Waals surface area contributed by atoms with E-state index in [2.05, 4.69) is 15.2 Å². The Morgan fingerprint density at radius 2 is 1.74 bits per heavy atom. The van der Waals surface area contributed by atoms with E-state index in [0.29, 0.717) is 24.3 Å². The first-order valence-corrected chi connectivity index (χ1v) is 13.9. The Bertz CT molecular complexity index is 1170. The molecule has 0 spiro atoms. The number of hydrogen-bond acceptors (Lipinski definition) is 6. The molecule has 39 heavy (non-hydrogen) atoms. The van der Waals surface area contributed by atoms with E-state index in [1.165, 1.54) is 0 Å². The van der Waals surface area contributed by atoms with Crippen molar-refractivity contribution in [3.63, 3.8) is 0 Å². The maximum absolute atomic E-state index is 12.5. The van der Waals surface area contributed by atoms with Gasteiger partial charge >= 0.3 is 11.9 Å². The lowest BCUT2D eigenvalue weighted by Crippen LogP contribution is -2.46. The predicted octanol–water partition coefficient (Wildman–Crippen LogP) is 4.46. The molecule has 1 fully saturated rings. The van der Waals surface area contributed by atoms with Gasteiger partial charge in [0.05, 0.1) is 23.3 Å². The number of nitrogens with zero attached hydrogens (tertiary/aromatic N) is 2. The van der Waals surface area contributed by atoms with Crippen LogP contribution in [0.15, 0.2) is 79.0 Å². The van der Waals surface area contributed by atoms with Crippen molar-refractivity contribution in [2.45, 2.75) is 43.6 Å². The number of amides is 1. The van der Waals surface area contributed by atoms with Crippen LogP contribution in [0.1, 0.15) is 49.4 Å². The number of piperidine rings is 1. The van der Waals surface area contributed by atoms with Crippen molar-refractivity contribution in [2.75, 3.05) is 32.8 Å². The van der Waals surface area contributed by atoms with Gasteiger partial charge in [-0.3, -0.25) is 9.78 Å². The van der Waals surface area contributed by atoms with Gasteiger partial charge in [-0.1, -0.05) is 60.1 Å². The third-order valence-electron chi connectivity index (χ3n) is 7.64. The molecule has 3 aromatic rings. The molecule has 1 unspecified atom stereocenters. The number of aliphatic hydroxyl groups is 1. The van der Waals surface area contributed by atoms with Gasteiger partial charge in [-0.2, -0.15) is 0 Å². The zero-order valence-corrected chi connectivity index (χ0v) is 23.1. The summed E-state index contributed by atoms with van der Waals surface area (Å²) < 4.78 is 4.90. The highest BCUT2D eigenvalue weighted by molar-refractivity contribution is 6.32. The summed E-state index contributed by atoms with van der Waals surface area (Å²) in [7, 11) is 0. The number of halogens is 1. The molecule has 8 heteroatoms. The third kappa shape index (κ3) is 7.04. The first-order chi connectivity index (χ1) is 18.9. The monoisotopic (exact) mass is 549 g/mol. The van der Waals surface area contributed by atoms with Crippen LogP contribution in [0.25, 0.3) is 0 Å². The summed E-state index contributed by atoms with van der Waals surface area (Å²) in [5, 5.41) is 14.7. The molecule has 2 heterocycles. The number of aromatic nitrogens is 1. The molecule has 206 valence electrons. The van der Waals surface area contributed by atoms with Crippen molar-refractivity contribution in [3.8, 4) is 0 Å². The molecule has 1 aliphatic heterocycles. The quantitative estimate of drug-likeness (QED) is 0.286. The SMILES string of the molecule is CCOC(=O)C(=O)NCC(CCCN1CCC(O)(c2ccc(Cl)cc2)CC1)(c1ccccc1)c1ccccn1. The molecule has 2 N–H and O–H groups in total. The van der Waals surface area contributed by atoms with E-state index in [9.17, 15) is 14.7 Å². The minimum atomic E-state index is -0.887. The summed E-state index contributed by atoms with van der Waals surface area (Å²) in [5.74, 6) is -1.65. The zero-order chi connectivity index (χ0) is 27.7. The van der Waals surface area contributed by atoms with Crippen LogP contribution in [0.4, 0.5) is 0 Å². The first kappa shape index (κ1) is 28.7. The van der Waals surface area contributed by atoms with E-state index >= 15 is 0 Å². The van der Waals surface area contributed by atoms with Crippen LogP contribution in [0.2, 0.25) is 5.02 Å². The second-order valence-corrected chi connectivity index (χ2v) is 10.5. The summed E-state index contributed by atoms with van der Waals surface area (Å²) in [6, 6.07) is 23.2. The molecule has 7 nitrogen and oxygen atoms in total. The summed E-state index contributed by atoms with van der Waals surface area (Å²) >= 11 is 6.03. The number of ether oxygens (including phenoxy) is 1. The maximum Gasteiger partial charge on any atom is 0.396 e. The van der Waals surface area contributed by atoms with Gasteiger partial charge in [-0.15, -0.1) is 0 Å². The lowest BCUT2D eigenvalue weighted by Gasteiger charge is -2.39. The van der Waals surface area contributed by atoms with Crippen molar-refractivity contribution >= 4 is 23.5 Å². The molecule has 0 bridgehead atoms. The third-order valence-corrected chi connectivity index (χ3v) is 7.89. The highest BCUT2D eigenvalue weighted by atomic mass is 35.5. The Kier molecular flexibility index (Phi) is 9.73. The molecular weight excluding hydrogens is 514 g/mol. The second-order valence-electron chi connectivity index (χ2n) is 10.0. The molecule has 1 saturated heterocycles. The molecule has 1 atom stereocenters. The molecule has 1 aromatic heterocycles. The number of carbonyl (C=O) groups excluding carboxylic acids is 2. The van der Waals surface area contributed by atoms with Gasteiger partial charge in [0, 0.05) is 30.9 Å². The molecule has 1 aliphatic rings. The van der Waals surface area contributed by atoms with E-state index in [1.807, 2.05) is 72.8 Å².